The summed E-state index contributed by atoms with van der Waals surface area (Å²) < 4.78 is 0. The Labute approximate surface area is 78.8 Å². The van der Waals surface area contributed by atoms with Gasteiger partial charge in [-0.3, -0.25) is 10.2 Å². The SMILES string of the molecule is O=C(NN1CCCC1)C1CC=CC1. The minimum Gasteiger partial charge on any atom is -0.289 e. The van der Waals surface area contributed by atoms with Gasteiger partial charge in [0, 0.05) is 19.0 Å². The third-order valence-electron chi connectivity index (χ3n) is 2.75. The first-order valence-electron chi connectivity index (χ1n) is 5.07. The number of nitrogens with one attached hydrogen (secondary N) is 1. The van der Waals surface area contributed by atoms with Crippen molar-refractivity contribution in [2.24, 2.45) is 5.92 Å². The minimum atomic E-state index is 0.195. The summed E-state index contributed by atoms with van der Waals surface area (Å²) in [6.07, 6.45) is 8.44. The van der Waals surface area contributed by atoms with Gasteiger partial charge in [0.2, 0.25) is 5.91 Å². The zero-order valence-electron chi connectivity index (χ0n) is 7.83. The van der Waals surface area contributed by atoms with Gasteiger partial charge in [0.1, 0.15) is 0 Å². The zero-order chi connectivity index (χ0) is 9.10. The molecular formula is C10H16N2O. The number of hydrogen-bond donors (Lipinski definition) is 1. The number of nitrogens with zero attached hydrogens (tertiary/aromatic N) is 1. The molecule has 3 heteroatoms. The lowest BCUT2D eigenvalue weighted by Gasteiger charge is -2.18. The van der Waals surface area contributed by atoms with E-state index in [9.17, 15) is 4.79 Å². The first-order valence-corrected chi connectivity index (χ1v) is 5.07. The van der Waals surface area contributed by atoms with Gasteiger partial charge in [-0.05, 0) is 25.7 Å². The molecule has 72 valence electrons. The van der Waals surface area contributed by atoms with Crippen molar-refractivity contribution < 1.29 is 4.79 Å². The number of carbonyl (C=O) groups excluding carboxylic acids is 1. The maximum atomic E-state index is 11.6. The van der Waals surface area contributed by atoms with Crippen molar-refractivity contribution in [2.45, 2.75) is 25.7 Å². The van der Waals surface area contributed by atoms with Crippen LogP contribution < -0.4 is 5.43 Å². The molecule has 0 bridgehead atoms. The molecule has 0 aromatic carbocycles. The van der Waals surface area contributed by atoms with E-state index in [1.165, 1.54) is 12.8 Å². The Morgan fingerprint density at radius 3 is 2.46 bits per heavy atom. The molecule has 1 fully saturated rings. The van der Waals surface area contributed by atoms with E-state index in [1.54, 1.807) is 0 Å². The van der Waals surface area contributed by atoms with Gasteiger partial charge in [0.05, 0.1) is 0 Å². The number of carbonyl (C=O) groups is 1. The number of hydrazine groups is 1. The molecule has 2 rings (SSSR count). The van der Waals surface area contributed by atoms with Crippen molar-refractivity contribution >= 4 is 5.91 Å². The van der Waals surface area contributed by atoms with Gasteiger partial charge in [-0.1, -0.05) is 12.2 Å². The molecule has 0 aromatic rings. The Hall–Kier alpha value is -0.830. The fraction of sp³-hybridized carbons (Fsp3) is 0.700. The van der Waals surface area contributed by atoms with Crippen LogP contribution in [-0.4, -0.2) is 24.0 Å². The first-order chi connectivity index (χ1) is 6.36. The molecular weight excluding hydrogens is 164 g/mol. The summed E-state index contributed by atoms with van der Waals surface area (Å²) in [7, 11) is 0. The summed E-state index contributed by atoms with van der Waals surface area (Å²) in [4.78, 5) is 11.6. The Morgan fingerprint density at radius 1 is 1.23 bits per heavy atom. The van der Waals surface area contributed by atoms with Crippen molar-refractivity contribution in [1.29, 1.82) is 0 Å². The molecule has 2 aliphatic rings. The van der Waals surface area contributed by atoms with E-state index in [0.717, 1.165) is 25.9 Å². The highest BCUT2D eigenvalue weighted by Crippen LogP contribution is 2.18. The maximum Gasteiger partial charge on any atom is 0.238 e. The van der Waals surface area contributed by atoms with Crippen LogP contribution in [0.3, 0.4) is 0 Å². The normalized spacial score (nSPS) is 24.0. The predicted molar refractivity (Wildman–Crippen MR) is 50.8 cm³/mol. The summed E-state index contributed by atoms with van der Waals surface area (Å²) in [5.41, 5.74) is 2.98. The monoisotopic (exact) mass is 180 g/mol. The molecule has 0 saturated carbocycles. The molecule has 13 heavy (non-hydrogen) atoms. The lowest BCUT2D eigenvalue weighted by atomic mass is 10.1. The van der Waals surface area contributed by atoms with Crippen molar-refractivity contribution in [3.8, 4) is 0 Å². The van der Waals surface area contributed by atoms with E-state index in [1.807, 2.05) is 5.01 Å². The molecule has 0 aromatic heterocycles. The van der Waals surface area contributed by atoms with Crippen LogP contribution in [0.1, 0.15) is 25.7 Å². The minimum absolute atomic E-state index is 0.195. The molecule has 1 saturated heterocycles. The fourth-order valence-corrected chi connectivity index (χ4v) is 1.91. The van der Waals surface area contributed by atoms with Crippen LogP contribution in [-0.2, 0) is 4.79 Å². The highest BCUT2D eigenvalue weighted by molar-refractivity contribution is 5.78. The second-order valence-corrected chi connectivity index (χ2v) is 3.81. The average molecular weight is 180 g/mol. The molecule has 1 aliphatic heterocycles. The van der Waals surface area contributed by atoms with Crippen molar-refractivity contribution in [3.05, 3.63) is 12.2 Å². The topological polar surface area (TPSA) is 32.3 Å². The van der Waals surface area contributed by atoms with Crippen molar-refractivity contribution in [2.75, 3.05) is 13.1 Å². The number of rotatable bonds is 2. The largest absolute Gasteiger partial charge is 0.289 e. The zero-order valence-corrected chi connectivity index (χ0v) is 7.83. The third-order valence-corrected chi connectivity index (χ3v) is 2.75. The van der Waals surface area contributed by atoms with E-state index < -0.39 is 0 Å². The molecule has 1 amide bonds. The smallest absolute Gasteiger partial charge is 0.238 e. The van der Waals surface area contributed by atoms with E-state index in [2.05, 4.69) is 17.6 Å². The molecule has 1 heterocycles. The van der Waals surface area contributed by atoms with Crippen LogP contribution in [0.25, 0.3) is 0 Å². The van der Waals surface area contributed by atoms with Crippen LogP contribution in [0.2, 0.25) is 0 Å². The van der Waals surface area contributed by atoms with Gasteiger partial charge < -0.3 is 0 Å². The molecule has 1 aliphatic carbocycles. The number of amides is 1. The van der Waals surface area contributed by atoms with Crippen LogP contribution in [0.5, 0.6) is 0 Å². The molecule has 1 N–H and O–H groups in total. The van der Waals surface area contributed by atoms with Crippen molar-refractivity contribution in [3.63, 3.8) is 0 Å². The Balaban J connectivity index is 1.77. The quantitative estimate of drug-likeness (QED) is 0.645. The van der Waals surface area contributed by atoms with Gasteiger partial charge >= 0.3 is 0 Å². The van der Waals surface area contributed by atoms with E-state index >= 15 is 0 Å². The Bertz CT molecular complexity index is 211. The van der Waals surface area contributed by atoms with Gasteiger partial charge in [-0.15, -0.1) is 0 Å². The molecule has 0 atom stereocenters. The summed E-state index contributed by atoms with van der Waals surface area (Å²) >= 11 is 0. The van der Waals surface area contributed by atoms with Gasteiger partial charge in [0.25, 0.3) is 0 Å². The van der Waals surface area contributed by atoms with Gasteiger partial charge in [0.15, 0.2) is 0 Å². The second kappa shape index (κ2) is 3.92. The van der Waals surface area contributed by atoms with E-state index in [4.69, 9.17) is 0 Å². The van der Waals surface area contributed by atoms with E-state index in [0.29, 0.717) is 0 Å². The Kier molecular flexibility index (Phi) is 2.64. The summed E-state index contributed by atoms with van der Waals surface area (Å²) in [5.74, 6) is 0.396. The summed E-state index contributed by atoms with van der Waals surface area (Å²) in [6.45, 7) is 2.04. The van der Waals surface area contributed by atoms with Gasteiger partial charge in [-0.2, -0.15) is 0 Å². The fourth-order valence-electron chi connectivity index (χ4n) is 1.91. The highest BCUT2D eigenvalue weighted by atomic mass is 16.2. The lowest BCUT2D eigenvalue weighted by molar-refractivity contribution is -0.129. The summed E-state index contributed by atoms with van der Waals surface area (Å²) in [6, 6.07) is 0. The molecule has 0 spiro atoms. The maximum absolute atomic E-state index is 11.6. The second-order valence-electron chi connectivity index (χ2n) is 3.81. The summed E-state index contributed by atoms with van der Waals surface area (Å²) in [5, 5.41) is 2.04. The van der Waals surface area contributed by atoms with Crippen LogP contribution in [0.15, 0.2) is 12.2 Å². The molecule has 3 nitrogen and oxygen atoms in total. The van der Waals surface area contributed by atoms with Crippen LogP contribution >= 0.6 is 0 Å². The van der Waals surface area contributed by atoms with Gasteiger partial charge in [-0.25, -0.2) is 5.01 Å². The average Bonchev–Trinajstić information content (AvgIpc) is 2.74. The number of hydrogen-bond acceptors (Lipinski definition) is 2. The van der Waals surface area contributed by atoms with E-state index in [-0.39, 0.29) is 11.8 Å². The standard InChI is InChI=1S/C10H16N2O/c13-10(9-5-1-2-6-9)11-12-7-3-4-8-12/h1-2,9H,3-8H2,(H,11,13). The highest BCUT2D eigenvalue weighted by Gasteiger charge is 2.22. The molecule has 0 radical (unpaired) electrons. The number of allylic oxidation sites excluding steroid dienone is 2. The molecule has 0 unspecified atom stereocenters. The Morgan fingerprint density at radius 2 is 1.85 bits per heavy atom. The lowest BCUT2D eigenvalue weighted by Crippen LogP contribution is -2.42. The van der Waals surface area contributed by atoms with Crippen molar-refractivity contribution in [1.82, 2.24) is 10.4 Å². The predicted octanol–water partition coefficient (Wildman–Crippen LogP) is 1.08. The van der Waals surface area contributed by atoms with Crippen LogP contribution in [0, 0.1) is 5.92 Å². The van der Waals surface area contributed by atoms with Crippen LogP contribution in [0.4, 0.5) is 0 Å². The third kappa shape index (κ3) is 2.10. The first kappa shape index (κ1) is 8.75.